The van der Waals surface area contributed by atoms with Crippen LogP contribution in [-0.4, -0.2) is 45.2 Å². The Morgan fingerprint density at radius 2 is 1.88 bits per heavy atom. The van der Waals surface area contributed by atoms with Gasteiger partial charge in [0.05, 0.1) is 58.0 Å². The summed E-state index contributed by atoms with van der Waals surface area (Å²) in [5.41, 5.74) is -1.22. The molecule has 0 spiro atoms. The molecule has 0 aromatic carbocycles. The topological polar surface area (TPSA) is 118 Å². The van der Waals surface area contributed by atoms with Crippen molar-refractivity contribution in [1.29, 1.82) is 0 Å². The fourth-order valence-corrected chi connectivity index (χ4v) is 5.85. The molecule has 0 radical (unpaired) electrons. The van der Waals surface area contributed by atoms with E-state index in [9.17, 15) is 19.2 Å². The van der Waals surface area contributed by atoms with Gasteiger partial charge in [-0.3, -0.25) is 19.2 Å². The second-order valence-electron chi connectivity index (χ2n) is 9.10. The molecule has 1 unspecified atom stereocenters. The van der Waals surface area contributed by atoms with Crippen LogP contribution < -0.4 is 0 Å². The van der Waals surface area contributed by atoms with Crippen LogP contribution in [0.4, 0.5) is 0 Å². The number of carbonyl (C=O) groups excluding carboxylic acids is 4. The van der Waals surface area contributed by atoms with Crippen LogP contribution in [0.1, 0.15) is 51.2 Å². The number of esters is 4. The SMILES string of the molecule is COC(=O)C[C@@H](C(=O)OC)C1(C)CC[C@@H]2C(=O)O[C@H](c3ccoc3)C[C@]2(C)[C@H]1C(=O)OC. The molecule has 176 valence electrons. The maximum absolute atomic E-state index is 13.3. The van der Waals surface area contributed by atoms with Gasteiger partial charge in [-0.05, 0) is 36.2 Å². The standard InChI is InChI=1S/C23H30O9/c1-22(15(19(25)29-4)10-17(24)28-3)8-6-14-20(26)32-16(13-7-9-31-12-13)11-23(14,2)18(22)21(27)30-5/h7,9,12,14-16,18H,6,8,10-11H2,1-5H3/t14-,15+,16+,18+,22?,23+/m1/s1. The number of ether oxygens (including phenoxy) is 4. The first-order valence-electron chi connectivity index (χ1n) is 10.6. The first kappa shape index (κ1) is 23.8. The van der Waals surface area contributed by atoms with Gasteiger partial charge < -0.3 is 23.4 Å². The Balaban J connectivity index is 2.10. The van der Waals surface area contributed by atoms with Crippen molar-refractivity contribution in [2.45, 2.75) is 45.6 Å². The van der Waals surface area contributed by atoms with Crippen molar-refractivity contribution in [2.24, 2.45) is 28.6 Å². The molecule has 1 aliphatic carbocycles. The average Bonchev–Trinajstić information content (AvgIpc) is 3.30. The van der Waals surface area contributed by atoms with E-state index in [2.05, 4.69) is 0 Å². The molecule has 1 aromatic heterocycles. The van der Waals surface area contributed by atoms with E-state index >= 15 is 0 Å². The number of hydrogen-bond acceptors (Lipinski definition) is 9. The van der Waals surface area contributed by atoms with Crippen LogP contribution >= 0.6 is 0 Å². The summed E-state index contributed by atoms with van der Waals surface area (Å²) in [5.74, 6) is -4.51. The molecule has 1 aliphatic heterocycles. The Kier molecular flexibility index (Phi) is 6.67. The van der Waals surface area contributed by atoms with Crippen LogP contribution in [0.2, 0.25) is 0 Å². The van der Waals surface area contributed by atoms with Gasteiger partial charge in [-0.2, -0.15) is 0 Å². The minimum absolute atomic E-state index is 0.247. The monoisotopic (exact) mass is 450 g/mol. The van der Waals surface area contributed by atoms with Crippen LogP contribution in [0.25, 0.3) is 0 Å². The molecule has 6 atom stereocenters. The molecular formula is C23H30O9. The van der Waals surface area contributed by atoms with E-state index in [1.54, 1.807) is 13.0 Å². The third-order valence-corrected chi connectivity index (χ3v) is 7.49. The lowest BCUT2D eigenvalue weighted by Gasteiger charge is -2.57. The summed E-state index contributed by atoms with van der Waals surface area (Å²) in [6.07, 6.45) is 3.21. The number of rotatable bonds is 6. The summed E-state index contributed by atoms with van der Waals surface area (Å²) in [6, 6.07) is 1.71. The van der Waals surface area contributed by atoms with Crippen molar-refractivity contribution in [2.75, 3.05) is 21.3 Å². The number of furan rings is 1. The molecule has 3 rings (SSSR count). The van der Waals surface area contributed by atoms with Gasteiger partial charge in [0, 0.05) is 5.56 Å². The van der Waals surface area contributed by atoms with Gasteiger partial charge in [0.15, 0.2) is 0 Å². The second kappa shape index (κ2) is 8.96. The Morgan fingerprint density at radius 3 is 2.44 bits per heavy atom. The fourth-order valence-electron chi connectivity index (χ4n) is 5.85. The Bertz CT molecular complexity index is 876. The molecule has 2 heterocycles. The minimum atomic E-state index is -1.02. The van der Waals surface area contributed by atoms with Crippen LogP contribution in [0.15, 0.2) is 23.0 Å². The normalized spacial score (nSPS) is 32.8. The molecule has 32 heavy (non-hydrogen) atoms. The summed E-state index contributed by atoms with van der Waals surface area (Å²) in [4.78, 5) is 51.3. The predicted molar refractivity (Wildman–Crippen MR) is 109 cm³/mol. The van der Waals surface area contributed by atoms with Crippen molar-refractivity contribution < 1.29 is 42.5 Å². The average molecular weight is 450 g/mol. The van der Waals surface area contributed by atoms with Gasteiger partial charge in [0.2, 0.25) is 0 Å². The maximum Gasteiger partial charge on any atom is 0.310 e. The summed E-state index contributed by atoms with van der Waals surface area (Å²) < 4.78 is 25.8. The van der Waals surface area contributed by atoms with Crippen LogP contribution in [0.3, 0.4) is 0 Å². The minimum Gasteiger partial charge on any atom is -0.472 e. The molecule has 9 heteroatoms. The number of hydrogen-bond donors (Lipinski definition) is 0. The highest BCUT2D eigenvalue weighted by Gasteiger charge is 2.65. The lowest BCUT2D eigenvalue weighted by molar-refractivity contribution is -0.206. The highest BCUT2D eigenvalue weighted by atomic mass is 16.5. The van der Waals surface area contributed by atoms with Crippen molar-refractivity contribution in [3.05, 3.63) is 24.2 Å². The van der Waals surface area contributed by atoms with E-state index in [4.69, 9.17) is 23.4 Å². The lowest BCUT2D eigenvalue weighted by atomic mass is 9.46. The molecule has 1 saturated heterocycles. The van der Waals surface area contributed by atoms with Crippen LogP contribution in [0, 0.1) is 28.6 Å². The number of fused-ring (bicyclic) bond motifs is 1. The fraction of sp³-hybridized carbons (Fsp3) is 0.652. The Hall–Kier alpha value is -2.84. The van der Waals surface area contributed by atoms with Gasteiger partial charge in [-0.15, -0.1) is 0 Å². The maximum atomic E-state index is 13.3. The zero-order chi connectivity index (χ0) is 23.7. The van der Waals surface area contributed by atoms with Crippen molar-refractivity contribution in [3.8, 4) is 0 Å². The number of carbonyl (C=O) groups is 4. The molecule has 2 aliphatic rings. The molecular weight excluding hydrogens is 420 g/mol. The summed E-state index contributed by atoms with van der Waals surface area (Å²) in [5, 5.41) is 0. The quantitative estimate of drug-likeness (QED) is 0.476. The smallest absolute Gasteiger partial charge is 0.310 e. The molecule has 0 amide bonds. The molecule has 0 N–H and O–H groups in total. The van der Waals surface area contributed by atoms with Gasteiger partial charge in [-0.1, -0.05) is 13.8 Å². The first-order chi connectivity index (χ1) is 15.1. The van der Waals surface area contributed by atoms with Gasteiger partial charge in [-0.25, -0.2) is 0 Å². The van der Waals surface area contributed by atoms with E-state index in [0.29, 0.717) is 24.8 Å². The van der Waals surface area contributed by atoms with Crippen LogP contribution in [0.5, 0.6) is 0 Å². The van der Waals surface area contributed by atoms with Crippen molar-refractivity contribution in [3.63, 3.8) is 0 Å². The third kappa shape index (κ3) is 3.89. The van der Waals surface area contributed by atoms with Crippen LogP contribution in [-0.2, 0) is 38.1 Å². The largest absolute Gasteiger partial charge is 0.472 e. The van der Waals surface area contributed by atoms with E-state index in [-0.39, 0.29) is 6.42 Å². The third-order valence-electron chi connectivity index (χ3n) is 7.49. The molecule has 2 fully saturated rings. The van der Waals surface area contributed by atoms with E-state index in [1.165, 1.54) is 33.9 Å². The molecule has 1 saturated carbocycles. The van der Waals surface area contributed by atoms with Gasteiger partial charge in [0.1, 0.15) is 6.10 Å². The molecule has 0 bridgehead atoms. The molecule has 1 aromatic rings. The number of cyclic esters (lactones) is 1. The summed E-state index contributed by atoms with van der Waals surface area (Å²) >= 11 is 0. The van der Waals surface area contributed by atoms with E-state index < -0.39 is 58.6 Å². The molecule has 9 nitrogen and oxygen atoms in total. The zero-order valence-corrected chi connectivity index (χ0v) is 19.0. The van der Waals surface area contributed by atoms with Gasteiger partial charge >= 0.3 is 23.9 Å². The summed E-state index contributed by atoms with van der Waals surface area (Å²) in [6.45, 7) is 3.64. The van der Waals surface area contributed by atoms with E-state index in [1.807, 2.05) is 6.92 Å². The second-order valence-corrected chi connectivity index (χ2v) is 9.10. The predicted octanol–water partition coefficient (Wildman–Crippen LogP) is 2.83. The lowest BCUT2D eigenvalue weighted by Crippen LogP contribution is -2.60. The number of methoxy groups -OCH3 is 3. The zero-order valence-electron chi connectivity index (χ0n) is 19.0. The first-order valence-corrected chi connectivity index (χ1v) is 10.6. The summed E-state index contributed by atoms with van der Waals surface area (Å²) in [7, 11) is 3.75. The Morgan fingerprint density at radius 1 is 1.16 bits per heavy atom. The highest BCUT2D eigenvalue weighted by molar-refractivity contribution is 5.84. The van der Waals surface area contributed by atoms with Gasteiger partial charge in [0.25, 0.3) is 0 Å². The van der Waals surface area contributed by atoms with E-state index in [0.717, 1.165) is 0 Å². The van der Waals surface area contributed by atoms with Crippen molar-refractivity contribution >= 4 is 23.9 Å². The van der Waals surface area contributed by atoms with Crippen molar-refractivity contribution in [1.82, 2.24) is 0 Å². The Labute approximate surface area is 186 Å². The highest BCUT2D eigenvalue weighted by Crippen LogP contribution is 2.63.